The lowest BCUT2D eigenvalue weighted by Gasteiger charge is -2.08. The van der Waals surface area contributed by atoms with E-state index in [0.717, 1.165) is 11.3 Å². The number of rotatable bonds is 5. The number of pyridine rings is 1. The molecule has 0 aliphatic rings. The molecule has 1 aromatic carbocycles. The van der Waals surface area contributed by atoms with E-state index in [2.05, 4.69) is 10.3 Å². The van der Waals surface area contributed by atoms with Gasteiger partial charge in [-0.3, -0.25) is 15.1 Å². The summed E-state index contributed by atoms with van der Waals surface area (Å²) in [5.41, 5.74) is 2.58. The van der Waals surface area contributed by atoms with Crippen LogP contribution in [0, 0.1) is 17.0 Å². The fraction of sp³-hybridized carbons (Fsp3) is 0.214. The Morgan fingerprint density at radius 1 is 1.35 bits per heavy atom. The molecule has 0 fully saturated rings. The molecule has 1 N–H and O–H groups in total. The molecule has 0 saturated carbocycles. The Morgan fingerprint density at radius 3 is 2.75 bits per heavy atom. The highest BCUT2D eigenvalue weighted by Crippen LogP contribution is 2.26. The first-order valence-corrected chi connectivity index (χ1v) is 6.07. The van der Waals surface area contributed by atoms with Gasteiger partial charge in [0.25, 0.3) is 5.69 Å². The van der Waals surface area contributed by atoms with Crippen molar-refractivity contribution in [2.24, 2.45) is 0 Å². The van der Waals surface area contributed by atoms with Gasteiger partial charge < -0.3 is 10.1 Å². The van der Waals surface area contributed by atoms with Crippen LogP contribution in [0.4, 0.5) is 11.4 Å². The number of nitrogens with one attached hydrogen (secondary N) is 1. The SMILES string of the molecule is COc1cc(NCc2ccc(C)nc2)cc([N+](=O)[O-])c1. The average Bonchev–Trinajstić information content (AvgIpc) is 2.46. The van der Waals surface area contributed by atoms with Gasteiger partial charge in [0.05, 0.1) is 18.1 Å². The van der Waals surface area contributed by atoms with Crippen LogP contribution in [0.1, 0.15) is 11.3 Å². The highest BCUT2D eigenvalue weighted by atomic mass is 16.6. The zero-order chi connectivity index (χ0) is 14.5. The van der Waals surface area contributed by atoms with E-state index in [1.165, 1.54) is 19.2 Å². The maximum absolute atomic E-state index is 10.8. The third-order valence-electron chi connectivity index (χ3n) is 2.81. The first kappa shape index (κ1) is 13.8. The normalized spacial score (nSPS) is 10.1. The molecule has 6 heteroatoms. The Kier molecular flexibility index (Phi) is 4.14. The third kappa shape index (κ3) is 3.44. The number of nitro benzene ring substituents is 1. The van der Waals surface area contributed by atoms with Crippen molar-refractivity contribution in [1.29, 1.82) is 0 Å². The van der Waals surface area contributed by atoms with Crippen LogP contribution in [-0.4, -0.2) is 17.0 Å². The Bertz CT molecular complexity index is 612. The van der Waals surface area contributed by atoms with E-state index in [1.54, 1.807) is 12.3 Å². The molecule has 1 aromatic heterocycles. The van der Waals surface area contributed by atoms with Crippen LogP contribution >= 0.6 is 0 Å². The molecule has 0 saturated heterocycles. The van der Waals surface area contributed by atoms with Crippen molar-refractivity contribution in [3.63, 3.8) is 0 Å². The average molecular weight is 273 g/mol. The first-order valence-electron chi connectivity index (χ1n) is 6.07. The van der Waals surface area contributed by atoms with Gasteiger partial charge >= 0.3 is 0 Å². The molecule has 0 unspecified atom stereocenters. The molecule has 1 heterocycles. The van der Waals surface area contributed by atoms with Gasteiger partial charge in [0.15, 0.2) is 0 Å². The summed E-state index contributed by atoms with van der Waals surface area (Å²) in [6.07, 6.45) is 1.77. The zero-order valence-corrected chi connectivity index (χ0v) is 11.3. The van der Waals surface area contributed by atoms with Crippen LogP contribution in [0.3, 0.4) is 0 Å². The van der Waals surface area contributed by atoms with Crippen LogP contribution in [0.25, 0.3) is 0 Å². The van der Waals surface area contributed by atoms with Gasteiger partial charge in [-0.1, -0.05) is 6.07 Å². The van der Waals surface area contributed by atoms with Crippen molar-refractivity contribution in [3.05, 3.63) is 57.9 Å². The summed E-state index contributed by atoms with van der Waals surface area (Å²) >= 11 is 0. The summed E-state index contributed by atoms with van der Waals surface area (Å²) in [6.45, 7) is 2.46. The first-order chi connectivity index (χ1) is 9.58. The summed E-state index contributed by atoms with van der Waals surface area (Å²) in [5, 5.41) is 14.0. The van der Waals surface area contributed by atoms with E-state index in [4.69, 9.17) is 4.74 Å². The summed E-state index contributed by atoms with van der Waals surface area (Å²) in [6, 6.07) is 8.46. The number of aromatic nitrogens is 1. The van der Waals surface area contributed by atoms with E-state index in [1.807, 2.05) is 19.1 Å². The number of hydrogen-bond donors (Lipinski definition) is 1. The number of hydrogen-bond acceptors (Lipinski definition) is 5. The number of methoxy groups -OCH3 is 1. The molecule has 0 aliphatic carbocycles. The standard InChI is InChI=1S/C14H15N3O3/c1-10-3-4-11(8-15-10)9-16-12-5-13(17(18)19)7-14(6-12)20-2/h3-8,16H,9H2,1-2H3. The highest BCUT2D eigenvalue weighted by molar-refractivity contribution is 5.56. The molecule has 2 aromatic rings. The third-order valence-corrected chi connectivity index (χ3v) is 2.81. The molecule has 0 spiro atoms. The number of ether oxygens (including phenoxy) is 1. The number of nitrogens with zero attached hydrogens (tertiary/aromatic N) is 2. The van der Waals surface area contributed by atoms with E-state index in [9.17, 15) is 10.1 Å². The highest BCUT2D eigenvalue weighted by Gasteiger charge is 2.10. The Balaban J connectivity index is 2.14. The minimum Gasteiger partial charge on any atom is -0.496 e. The lowest BCUT2D eigenvalue weighted by molar-refractivity contribution is -0.384. The van der Waals surface area contributed by atoms with Gasteiger partial charge in [0.1, 0.15) is 5.75 Å². The maximum Gasteiger partial charge on any atom is 0.275 e. The van der Waals surface area contributed by atoms with Gasteiger partial charge in [-0.05, 0) is 18.6 Å². The van der Waals surface area contributed by atoms with Gasteiger partial charge in [-0.15, -0.1) is 0 Å². The number of non-ortho nitro benzene ring substituents is 1. The predicted octanol–water partition coefficient (Wildman–Crippen LogP) is 2.92. The van der Waals surface area contributed by atoms with E-state index in [-0.39, 0.29) is 5.69 Å². The fourth-order valence-corrected chi connectivity index (χ4v) is 1.72. The van der Waals surface area contributed by atoms with Crippen molar-refractivity contribution in [2.75, 3.05) is 12.4 Å². The molecule has 20 heavy (non-hydrogen) atoms. The quantitative estimate of drug-likeness (QED) is 0.669. The van der Waals surface area contributed by atoms with E-state index < -0.39 is 4.92 Å². The molecule has 0 radical (unpaired) electrons. The lowest BCUT2D eigenvalue weighted by Crippen LogP contribution is -2.01. The minimum absolute atomic E-state index is 0.00567. The summed E-state index contributed by atoms with van der Waals surface area (Å²) < 4.78 is 5.06. The van der Waals surface area contributed by atoms with Gasteiger partial charge in [-0.25, -0.2) is 0 Å². The maximum atomic E-state index is 10.8. The summed E-state index contributed by atoms with van der Waals surface area (Å²) in [4.78, 5) is 14.6. The Morgan fingerprint density at radius 2 is 2.15 bits per heavy atom. The molecule has 104 valence electrons. The van der Waals surface area contributed by atoms with Crippen LogP contribution in [0.5, 0.6) is 5.75 Å². The molecule has 6 nitrogen and oxygen atoms in total. The van der Waals surface area contributed by atoms with Gasteiger partial charge in [-0.2, -0.15) is 0 Å². The molecular formula is C14H15N3O3. The molecule has 0 bridgehead atoms. The van der Waals surface area contributed by atoms with Crippen molar-refractivity contribution in [3.8, 4) is 5.75 Å². The van der Waals surface area contributed by atoms with Crippen LogP contribution in [0.15, 0.2) is 36.5 Å². The number of anilines is 1. The number of nitro groups is 1. The van der Waals surface area contributed by atoms with Crippen LogP contribution < -0.4 is 10.1 Å². The topological polar surface area (TPSA) is 77.3 Å². The van der Waals surface area contributed by atoms with Crippen molar-refractivity contribution < 1.29 is 9.66 Å². The van der Waals surface area contributed by atoms with Crippen molar-refractivity contribution in [1.82, 2.24) is 4.98 Å². The second-order valence-electron chi connectivity index (χ2n) is 4.34. The van der Waals surface area contributed by atoms with Crippen molar-refractivity contribution in [2.45, 2.75) is 13.5 Å². The predicted molar refractivity (Wildman–Crippen MR) is 75.9 cm³/mol. The second kappa shape index (κ2) is 6.01. The van der Waals surface area contributed by atoms with Crippen LogP contribution in [-0.2, 0) is 6.54 Å². The zero-order valence-electron chi connectivity index (χ0n) is 11.3. The molecule has 0 aliphatic heterocycles. The largest absolute Gasteiger partial charge is 0.496 e. The monoisotopic (exact) mass is 273 g/mol. The molecule has 2 rings (SSSR count). The Labute approximate surface area is 116 Å². The smallest absolute Gasteiger partial charge is 0.275 e. The van der Waals surface area contributed by atoms with E-state index >= 15 is 0 Å². The second-order valence-corrected chi connectivity index (χ2v) is 4.34. The van der Waals surface area contributed by atoms with E-state index in [0.29, 0.717) is 18.0 Å². The van der Waals surface area contributed by atoms with Gasteiger partial charge in [0.2, 0.25) is 0 Å². The minimum atomic E-state index is -0.443. The van der Waals surface area contributed by atoms with Crippen LogP contribution in [0.2, 0.25) is 0 Å². The number of aryl methyl sites for hydroxylation is 1. The lowest BCUT2D eigenvalue weighted by atomic mass is 10.2. The number of benzene rings is 1. The summed E-state index contributed by atoms with van der Waals surface area (Å²) in [5.74, 6) is 0.448. The van der Waals surface area contributed by atoms with Crippen molar-refractivity contribution >= 4 is 11.4 Å². The summed E-state index contributed by atoms with van der Waals surface area (Å²) in [7, 11) is 1.48. The molecule has 0 atom stereocenters. The Hall–Kier alpha value is -2.63. The molecular weight excluding hydrogens is 258 g/mol. The van der Waals surface area contributed by atoms with Gasteiger partial charge in [0, 0.05) is 36.3 Å². The fourth-order valence-electron chi connectivity index (χ4n) is 1.72. The molecule has 0 amide bonds.